The Morgan fingerprint density at radius 3 is 2.16 bits per heavy atom. The van der Waals surface area contributed by atoms with Crippen LogP contribution >= 0.6 is 7.52 Å². The summed E-state index contributed by atoms with van der Waals surface area (Å²) >= 11 is 0. The number of carboxylic acids is 1. The minimum absolute atomic E-state index is 0.0157. The van der Waals surface area contributed by atoms with Crippen LogP contribution in [0.1, 0.15) is 77.5 Å². The first-order chi connectivity index (χ1) is 17.7. The number of ether oxygens (including phenoxy) is 1. The number of aryl methyl sites for hydroxylation is 1. The molecule has 212 valence electrons. The molecule has 0 saturated heterocycles. The van der Waals surface area contributed by atoms with Crippen molar-refractivity contribution in [2.24, 2.45) is 5.92 Å². The van der Waals surface area contributed by atoms with Gasteiger partial charge < -0.3 is 14.4 Å². The lowest BCUT2D eigenvalue weighted by Crippen LogP contribution is -2.52. The fourth-order valence-electron chi connectivity index (χ4n) is 4.79. The highest BCUT2D eigenvalue weighted by Crippen LogP contribution is 2.49. The molecule has 0 spiro atoms. The van der Waals surface area contributed by atoms with Crippen molar-refractivity contribution in [3.05, 3.63) is 65.2 Å². The molecule has 2 N–H and O–H groups in total. The van der Waals surface area contributed by atoms with E-state index >= 15 is 0 Å². The number of aliphatic carboxylic acids is 1. The molecule has 0 bridgehead atoms. The molecule has 38 heavy (non-hydrogen) atoms. The molecule has 0 radical (unpaired) electrons. The fourth-order valence-corrected chi connectivity index (χ4v) is 6.84. The summed E-state index contributed by atoms with van der Waals surface area (Å²) in [5.74, 6) is -0.991. The van der Waals surface area contributed by atoms with Gasteiger partial charge >= 0.3 is 13.5 Å². The van der Waals surface area contributed by atoms with Crippen molar-refractivity contribution in [1.29, 1.82) is 0 Å². The fraction of sp³-hybridized carbons (Fsp3) is 0.567. The minimum atomic E-state index is -3.78. The van der Waals surface area contributed by atoms with Gasteiger partial charge in [-0.3, -0.25) is 14.3 Å². The van der Waals surface area contributed by atoms with E-state index in [1.807, 2.05) is 37.3 Å². The maximum absolute atomic E-state index is 14.1. The van der Waals surface area contributed by atoms with Gasteiger partial charge in [-0.05, 0) is 72.1 Å². The average Bonchev–Trinajstić information content (AvgIpc) is 2.83. The maximum atomic E-state index is 14.1. The number of hydrogen-bond acceptors (Lipinski definition) is 5. The number of benzene rings is 2. The third-order valence-corrected chi connectivity index (χ3v) is 9.19. The lowest BCUT2D eigenvalue weighted by atomic mass is 9.87. The standard InChI is InChI=1S/C30H47N2O5P/c1-21(2)30(8,29(33)34)31-38(35,20-36-9)37-28-16-15-24(7)19-27(28)26(25-13-11-10-12-14-25)17-18-32(22(3)4)23(5)6/h10-16,19,21-23,26H,17-18,20H2,1-9H3,(H,31,35)(H,33,34)/t26-,30+,38?/m1/s1. The van der Waals surface area contributed by atoms with E-state index in [9.17, 15) is 14.5 Å². The summed E-state index contributed by atoms with van der Waals surface area (Å²) in [4.78, 5) is 14.6. The summed E-state index contributed by atoms with van der Waals surface area (Å²) < 4.78 is 25.7. The smallest absolute Gasteiger partial charge is 0.342 e. The van der Waals surface area contributed by atoms with E-state index in [2.05, 4.69) is 55.9 Å². The molecular formula is C30H47N2O5P. The van der Waals surface area contributed by atoms with Crippen molar-refractivity contribution in [2.45, 2.75) is 85.4 Å². The zero-order chi connectivity index (χ0) is 28.7. The molecule has 2 aromatic carbocycles. The lowest BCUT2D eigenvalue weighted by Gasteiger charge is -2.35. The van der Waals surface area contributed by atoms with Crippen LogP contribution in [0.25, 0.3) is 0 Å². The van der Waals surface area contributed by atoms with Crippen LogP contribution in [0.5, 0.6) is 5.75 Å². The second-order valence-corrected chi connectivity index (χ2v) is 13.2. The number of rotatable bonds is 15. The predicted molar refractivity (Wildman–Crippen MR) is 155 cm³/mol. The third kappa shape index (κ3) is 8.16. The number of methoxy groups -OCH3 is 1. The molecule has 0 aliphatic carbocycles. The quantitative estimate of drug-likeness (QED) is 0.235. The Morgan fingerprint density at radius 1 is 1.05 bits per heavy atom. The van der Waals surface area contributed by atoms with Crippen molar-refractivity contribution in [2.75, 3.05) is 20.0 Å². The van der Waals surface area contributed by atoms with Crippen molar-refractivity contribution >= 4 is 13.5 Å². The third-order valence-electron chi connectivity index (χ3n) is 7.29. The first kappa shape index (κ1) is 32.0. The Hall–Kier alpha value is -2.18. The van der Waals surface area contributed by atoms with Gasteiger partial charge in [0.25, 0.3) is 0 Å². The second kappa shape index (κ2) is 13.7. The molecule has 0 aliphatic rings. The van der Waals surface area contributed by atoms with Crippen LogP contribution in [0.2, 0.25) is 0 Å². The molecule has 0 amide bonds. The van der Waals surface area contributed by atoms with Crippen LogP contribution in [-0.4, -0.2) is 53.6 Å². The van der Waals surface area contributed by atoms with Crippen LogP contribution < -0.4 is 9.61 Å². The van der Waals surface area contributed by atoms with Crippen molar-refractivity contribution in [3.8, 4) is 5.75 Å². The summed E-state index contributed by atoms with van der Waals surface area (Å²) in [5, 5.41) is 12.8. The van der Waals surface area contributed by atoms with E-state index in [0.717, 1.165) is 29.7 Å². The maximum Gasteiger partial charge on any atom is 0.342 e. The van der Waals surface area contributed by atoms with Crippen molar-refractivity contribution in [3.63, 3.8) is 0 Å². The van der Waals surface area contributed by atoms with Gasteiger partial charge in [-0.2, -0.15) is 0 Å². The van der Waals surface area contributed by atoms with E-state index in [4.69, 9.17) is 9.26 Å². The van der Waals surface area contributed by atoms with Gasteiger partial charge in [0.1, 0.15) is 17.6 Å². The Labute approximate surface area is 229 Å². The van der Waals surface area contributed by atoms with E-state index in [-0.39, 0.29) is 18.2 Å². The molecule has 1 unspecified atom stereocenters. The second-order valence-electron chi connectivity index (χ2n) is 11.2. The molecule has 2 rings (SSSR count). The summed E-state index contributed by atoms with van der Waals surface area (Å²) in [7, 11) is -2.35. The Bertz CT molecular complexity index is 1080. The first-order valence-electron chi connectivity index (χ1n) is 13.5. The van der Waals surface area contributed by atoms with Crippen LogP contribution in [0, 0.1) is 12.8 Å². The highest BCUT2D eigenvalue weighted by molar-refractivity contribution is 7.57. The predicted octanol–water partition coefficient (Wildman–Crippen LogP) is 6.90. The van der Waals surface area contributed by atoms with E-state index in [1.54, 1.807) is 13.8 Å². The number of carboxylic acid groups (broad SMARTS) is 1. The highest BCUT2D eigenvalue weighted by Gasteiger charge is 2.44. The summed E-state index contributed by atoms with van der Waals surface area (Å²) in [6, 6.07) is 16.9. The van der Waals surface area contributed by atoms with Crippen molar-refractivity contribution < 1.29 is 23.7 Å². The van der Waals surface area contributed by atoms with Gasteiger partial charge in [0.05, 0.1) is 0 Å². The van der Waals surface area contributed by atoms with Gasteiger partial charge in [-0.1, -0.05) is 61.9 Å². The molecule has 0 fully saturated rings. The molecule has 8 heteroatoms. The molecule has 2 aromatic rings. The van der Waals surface area contributed by atoms with Gasteiger partial charge in [-0.25, -0.2) is 5.09 Å². The normalized spacial score (nSPS) is 16.0. The monoisotopic (exact) mass is 546 g/mol. The molecule has 0 aromatic heterocycles. The number of nitrogens with zero attached hydrogens (tertiary/aromatic N) is 1. The molecule has 0 saturated carbocycles. The average molecular weight is 547 g/mol. The Kier molecular flexibility index (Phi) is 11.6. The Morgan fingerprint density at radius 2 is 1.66 bits per heavy atom. The van der Waals surface area contributed by atoms with Crippen LogP contribution in [-0.2, 0) is 14.1 Å². The number of hydrogen-bond donors (Lipinski definition) is 2. The Balaban J connectivity index is 2.58. The van der Waals surface area contributed by atoms with E-state index < -0.39 is 19.0 Å². The minimum Gasteiger partial charge on any atom is -0.480 e. The summed E-state index contributed by atoms with van der Waals surface area (Å²) in [6.45, 7) is 16.8. The topological polar surface area (TPSA) is 88.1 Å². The van der Waals surface area contributed by atoms with Gasteiger partial charge in [-0.15, -0.1) is 0 Å². The summed E-state index contributed by atoms with van der Waals surface area (Å²) in [5.41, 5.74) is 1.66. The zero-order valence-corrected chi connectivity index (χ0v) is 25.4. The van der Waals surface area contributed by atoms with Gasteiger partial charge in [0, 0.05) is 30.7 Å². The van der Waals surface area contributed by atoms with Crippen LogP contribution in [0.15, 0.2) is 48.5 Å². The van der Waals surface area contributed by atoms with E-state index in [0.29, 0.717) is 17.8 Å². The first-order valence-corrected chi connectivity index (χ1v) is 15.3. The summed E-state index contributed by atoms with van der Waals surface area (Å²) in [6.07, 6.45) is 0.571. The van der Waals surface area contributed by atoms with Gasteiger partial charge in [0.15, 0.2) is 0 Å². The lowest BCUT2D eigenvalue weighted by molar-refractivity contribution is -0.145. The van der Waals surface area contributed by atoms with Crippen molar-refractivity contribution in [1.82, 2.24) is 9.99 Å². The molecular weight excluding hydrogens is 499 g/mol. The van der Waals surface area contributed by atoms with Crippen LogP contribution in [0.4, 0.5) is 0 Å². The molecule has 0 aliphatic heterocycles. The number of carbonyl (C=O) groups is 1. The van der Waals surface area contributed by atoms with Gasteiger partial charge in [0.2, 0.25) is 0 Å². The highest BCUT2D eigenvalue weighted by atomic mass is 31.2. The van der Waals surface area contributed by atoms with Crippen LogP contribution in [0.3, 0.4) is 0 Å². The SMILES string of the molecule is COCP(=O)(N[C@](C)(C(=O)O)C(C)C)Oc1ccc(C)cc1[C@H](CCN(C(C)C)C(C)C)c1ccccc1. The molecule has 7 nitrogen and oxygen atoms in total. The number of nitrogens with one attached hydrogen (secondary N) is 1. The molecule has 0 heterocycles. The zero-order valence-electron chi connectivity index (χ0n) is 24.5. The largest absolute Gasteiger partial charge is 0.480 e. The molecule has 3 atom stereocenters. The van der Waals surface area contributed by atoms with E-state index in [1.165, 1.54) is 14.0 Å².